The molecule has 0 saturated heterocycles. The number of hydrogen-bond donors (Lipinski definition) is 2. The molecular formula is C13H17F3N2O. The summed E-state index contributed by atoms with van der Waals surface area (Å²) in [6.45, 7) is 3.96. The minimum Gasteiger partial charge on any atom is -0.382 e. The van der Waals surface area contributed by atoms with Gasteiger partial charge in [0.05, 0.1) is 5.69 Å². The van der Waals surface area contributed by atoms with Crippen LogP contribution < -0.4 is 10.6 Å². The van der Waals surface area contributed by atoms with Crippen molar-refractivity contribution in [2.45, 2.75) is 32.7 Å². The Labute approximate surface area is 110 Å². The number of halogens is 3. The van der Waals surface area contributed by atoms with Gasteiger partial charge in [0.25, 0.3) is 0 Å². The molecule has 0 aliphatic carbocycles. The summed E-state index contributed by atoms with van der Waals surface area (Å²) in [6, 6.07) is 2.01. The third kappa shape index (κ3) is 4.46. The van der Waals surface area contributed by atoms with Crippen molar-refractivity contribution in [3.05, 3.63) is 29.6 Å². The zero-order valence-corrected chi connectivity index (χ0v) is 10.9. The molecular weight excluding hydrogens is 257 g/mol. The molecule has 0 fully saturated rings. The van der Waals surface area contributed by atoms with Crippen LogP contribution in [0.5, 0.6) is 0 Å². The zero-order valence-electron chi connectivity index (χ0n) is 10.9. The summed E-state index contributed by atoms with van der Waals surface area (Å²) in [6.07, 6.45) is 0.944. The van der Waals surface area contributed by atoms with Crippen LogP contribution in [-0.2, 0) is 4.79 Å². The maximum atomic E-state index is 13.3. The Bertz CT molecular complexity index is 452. The van der Waals surface area contributed by atoms with Crippen molar-refractivity contribution in [3.63, 3.8) is 0 Å². The molecule has 1 unspecified atom stereocenters. The van der Waals surface area contributed by atoms with E-state index >= 15 is 0 Å². The third-order valence-electron chi connectivity index (χ3n) is 2.72. The molecule has 1 aromatic carbocycles. The predicted octanol–water partition coefficient (Wildman–Crippen LogP) is 2.82. The summed E-state index contributed by atoms with van der Waals surface area (Å²) in [5.41, 5.74) is -0.157. The van der Waals surface area contributed by atoms with Crippen molar-refractivity contribution in [2.75, 3.05) is 11.9 Å². The second-order valence-corrected chi connectivity index (χ2v) is 4.28. The normalized spacial score (nSPS) is 12.1. The standard InChI is InChI=1S/C13H17F3N2O/c1-3-8(2)18-11(19)6-7-17-10-5-4-9(14)12(15)13(10)16/h4-5,8,17H,3,6-7H2,1-2H3,(H,18,19). The number of carbonyl (C=O) groups is 1. The van der Waals surface area contributed by atoms with E-state index in [1.165, 1.54) is 0 Å². The SMILES string of the molecule is CCC(C)NC(=O)CCNc1ccc(F)c(F)c1F. The summed E-state index contributed by atoms with van der Waals surface area (Å²) >= 11 is 0. The van der Waals surface area contributed by atoms with Crippen molar-refractivity contribution in [1.29, 1.82) is 0 Å². The molecule has 0 aromatic heterocycles. The lowest BCUT2D eigenvalue weighted by atomic mass is 10.2. The number of carbonyl (C=O) groups excluding carboxylic acids is 1. The van der Waals surface area contributed by atoms with E-state index in [-0.39, 0.29) is 30.6 Å². The first-order valence-corrected chi connectivity index (χ1v) is 6.12. The van der Waals surface area contributed by atoms with Gasteiger partial charge < -0.3 is 10.6 Å². The number of benzene rings is 1. The molecule has 3 nitrogen and oxygen atoms in total. The van der Waals surface area contributed by atoms with Crippen molar-refractivity contribution in [1.82, 2.24) is 5.32 Å². The molecule has 0 aliphatic rings. The van der Waals surface area contributed by atoms with Crippen LogP contribution in [0.2, 0.25) is 0 Å². The van der Waals surface area contributed by atoms with Crippen LogP contribution in [0.1, 0.15) is 26.7 Å². The Kier molecular flexibility index (Phi) is 5.66. The van der Waals surface area contributed by atoms with E-state index in [1.807, 2.05) is 13.8 Å². The topological polar surface area (TPSA) is 41.1 Å². The fraction of sp³-hybridized carbons (Fsp3) is 0.462. The van der Waals surface area contributed by atoms with Crippen molar-refractivity contribution in [3.8, 4) is 0 Å². The van der Waals surface area contributed by atoms with E-state index < -0.39 is 17.5 Å². The first kappa shape index (κ1) is 15.3. The molecule has 1 aromatic rings. The fourth-order valence-electron chi connectivity index (χ4n) is 1.42. The Morgan fingerprint density at radius 1 is 1.26 bits per heavy atom. The highest BCUT2D eigenvalue weighted by Crippen LogP contribution is 2.19. The van der Waals surface area contributed by atoms with E-state index in [1.54, 1.807) is 0 Å². The molecule has 2 N–H and O–H groups in total. The first-order valence-electron chi connectivity index (χ1n) is 6.12. The minimum absolute atomic E-state index is 0.0764. The molecule has 6 heteroatoms. The van der Waals surface area contributed by atoms with Gasteiger partial charge in [0.1, 0.15) is 0 Å². The van der Waals surface area contributed by atoms with E-state index in [0.29, 0.717) is 0 Å². The van der Waals surface area contributed by atoms with Gasteiger partial charge in [-0.3, -0.25) is 4.79 Å². The monoisotopic (exact) mass is 274 g/mol. The Morgan fingerprint density at radius 3 is 2.58 bits per heavy atom. The van der Waals surface area contributed by atoms with Gasteiger partial charge in [-0.05, 0) is 25.5 Å². The zero-order chi connectivity index (χ0) is 14.4. The molecule has 19 heavy (non-hydrogen) atoms. The van der Waals surface area contributed by atoms with Gasteiger partial charge >= 0.3 is 0 Å². The van der Waals surface area contributed by atoms with Gasteiger partial charge in [-0.1, -0.05) is 6.92 Å². The quantitative estimate of drug-likeness (QED) is 0.783. The van der Waals surface area contributed by atoms with E-state index in [2.05, 4.69) is 10.6 Å². The van der Waals surface area contributed by atoms with Crippen molar-refractivity contribution >= 4 is 11.6 Å². The fourth-order valence-corrected chi connectivity index (χ4v) is 1.42. The lowest BCUT2D eigenvalue weighted by molar-refractivity contribution is -0.121. The maximum absolute atomic E-state index is 13.3. The van der Waals surface area contributed by atoms with Gasteiger partial charge in [-0.15, -0.1) is 0 Å². The van der Waals surface area contributed by atoms with E-state index in [9.17, 15) is 18.0 Å². The smallest absolute Gasteiger partial charge is 0.221 e. The third-order valence-corrected chi connectivity index (χ3v) is 2.72. The molecule has 0 bridgehead atoms. The lowest BCUT2D eigenvalue weighted by Crippen LogP contribution is -2.33. The minimum atomic E-state index is -1.52. The molecule has 1 amide bonds. The van der Waals surface area contributed by atoms with Crippen LogP contribution in [0, 0.1) is 17.5 Å². The summed E-state index contributed by atoms with van der Waals surface area (Å²) in [4.78, 5) is 11.4. The summed E-state index contributed by atoms with van der Waals surface area (Å²) < 4.78 is 38.9. The van der Waals surface area contributed by atoms with Crippen LogP contribution in [0.3, 0.4) is 0 Å². The molecule has 1 atom stereocenters. The van der Waals surface area contributed by atoms with Gasteiger partial charge in [-0.25, -0.2) is 13.2 Å². The van der Waals surface area contributed by atoms with Crippen LogP contribution in [0.15, 0.2) is 12.1 Å². The van der Waals surface area contributed by atoms with Gasteiger partial charge in [0, 0.05) is 19.0 Å². The van der Waals surface area contributed by atoms with Crippen LogP contribution in [0.25, 0.3) is 0 Å². The summed E-state index contributed by atoms with van der Waals surface area (Å²) in [5, 5.41) is 5.30. The molecule has 0 saturated carbocycles. The summed E-state index contributed by atoms with van der Waals surface area (Å²) in [5.74, 6) is -4.21. The predicted molar refractivity (Wildman–Crippen MR) is 67.3 cm³/mol. The molecule has 106 valence electrons. The second-order valence-electron chi connectivity index (χ2n) is 4.28. The Morgan fingerprint density at radius 2 is 1.95 bits per heavy atom. The molecule has 0 heterocycles. The summed E-state index contributed by atoms with van der Waals surface area (Å²) in [7, 11) is 0. The molecule has 0 aliphatic heterocycles. The molecule has 1 rings (SSSR count). The van der Waals surface area contributed by atoms with Crippen molar-refractivity contribution in [2.24, 2.45) is 0 Å². The molecule has 0 spiro atoms. The maximum Gasteiger partial charge on any atom is 0.221 e. The average Bonchev–Trinajstić information content (AvgIpc) is 2.38. The Balaban J connectivity index is 2.46. The number of amides is 1. The number of rotatable bonds is 6. The number of nitrogens with one attached hydrogen (secondary N) is 2. The van der Waals surface area contributed by atoms with Crippen LogP contribution in [0.4, 0.5) is 18.9 Å². The first-order chi connectivity index (χ1) is 8.95. The largest absolute Gasteiger partial charge is 0.382 e. The van der Waals surface area contributed by atoms with E-state index in [4.69, 9.17) is 0 Å². The average molecular weight is 274 g/mol. The van der Waals surface area contributed by atoms with Gasteiger partial charge in [-0.2, -0.15) is 0 Å². The highest BCUT2D eigenvalue weighted by atomic mass is 19.2. The highest BCUT2D eigenvalue weighted by molar-refractivity contribution is 5.76. The second kappa shape index (κ2) is 7.01. The van der Waals surface area contributed by atoms with Crippen LogP contribution >= 0.6 is 0 Å². The lowest BCUT2D eigenvalue weighted by Gasteiger charge is -2.12. The van der Waals surface area contributed by atoms with Crippen LogP contribution in [-0.4, -0.2) is 18.5 Å². The Hall–Kier alpha value is -1.72. The van der Waals surface area contributed by atoms with Gasteiger partial charge in [0.2, 0.25) is 5.91 Å². The highest BCUT2D eigenvalue weighted by Gasteiger charge is 2.13. The van der Waals surface area contributed by atoms with Gasteiger partial charge in [0.15, 0.2) is 17.5 Å². The molecule has 0 radical (unpaired) electrons. The van der Waals surface area contributed by atoms with E-state index in [0.717, 1.165) is 18.6 Å². The number of anilines is 1. The van der Waals surface area contributed by atoms with Crippen molar-refractivity contribution < 1.29 is 18.0 Å². The number of hydrogen-bond acceptors (Lipinski definition) is 2.